The van der Waals surface area contributed by atoms with Crippen LogP contribution in [0, 0.1) is 0 Å². The van der Waals surface area contributed by atoms with Gasteiger partial charge in [-0.2, -0.15) is 0 Å². The van der Waals surface area contributed by atoms with Crippen molar-refractivity contribution in [2.24, 2.45) is 0 Å². The first kappa shape index (κ1) is 64.0. The first-order chi connectivity index (χ1) is 35.9. The Balaban J connectivity index is 1.82. The lowest BCUT2D eigenvalue weighted by Gasteiger charge is -2.26. The maximum absolute atomic E-state index is 12.7. The molecule has 0 aliphatic heterocycles. The van der Waals surface area contributed by atoms with E-state index in [-0.39, 0.29) is 101 Å². The number of benzene rings is 2. The third-order valence-electron chi connectivity index (χ3n) is 11.6. The van der Waals surface area contributed by atoms with E-state index in [4.69, 9.17) is 10.2 Å². The van der Waals surface area contributed by atoms with Crippen molar-refractivity contribution in [2.45, 2.75) is 128 Å². The van der Waals surface area contributed by atoms with Crippen LogP contribution in [0.2, 0.25) is 0 Å². The molecule has 14 N–H and O–H groups in total. The molecular weight excluding hydrogens is 1010 g/mol. The lowest BCUT2D eigenvalue weighted by atomic mass is 10.0. The molecule has 0 radical (unpaired) electrons. The van der Waals surface area contributed by atoms with Gasteiger partial charge < -0.3 is 72.5 Å². The lowest BCUT2D eigenvalue weighted by molar-refractivity contribution is -0.143. The Kier molecular flexibility index (Phi) is 29.0. The number of aryl methyl sites for hydroxylation is 2. The van der Waals surface area contributed by atoms with Crippen LogP contribution in [-0.4, -0.2) is 179 Å². The highest BCUT2D eigenvalue weighted by molar-refractivity contribution is 5.86. The Bertz CT molecular complexity index is 2330. The van der Waals surface area contributed by atoms with E-state index in [0.717, 1.165) is 0 Å². The molecule has 0 saturated carbocycles. The second-order valence-corrected chi connectivity index (χ2v) is 17.9. The number of aromatic hydroxyl groups is 2. The predicted octanol–water partition coefficient (Wildman–Crippen LogP) is 0.904. The molecule has 0 spiro atoms. The second kappa shape index (κ2) is 34.4. The number of carboxylic acid groups (broad SMARTS) is 7. The molecule has 76 heavy (non-hydrogen) atoms. The largest absolute Gasteiger partial charge is 0.508 e. The van der Waals surface area contributed by atoms with Gasteiger partial charge in [0.05, 0.1) is 13.1 Å². The number of hydrogen-bond donors (Lipinski definition) is 14. The number of hydrogen-bond acceptors (Lipinski definition) is 15. The molecule has 0 aliphatic carbocycles. The van der Waals surface area contributed by atoms with Crippen molar-refractivity contribution >= 4 is 65.5 Å². The summed E-state index contributed by atoms with van der Waals surface area (Å²) in [6.07, 6.45) is 1.19. The topological polar surface area (TPSA) is 436 Å². The van der Waals surface area contributed by atoms with E-state index in [1.807, 2.05) is 0 Å². The number of phenols is 2. The molecule has 0 fully saturated rings. The van der Waals surface area contributed by atoms with Crippen molar-refractivity contribution in [3.8, 4) is 11.5 Å². The number of rotatable bonds is 40. The third kappa shape index (κ3) is 27.8. The Labute approximate surface area is 436 Å². The van der Waals surface area contributed by atoms with E-state index in [2.05, 4.69) is 26.6 Å². The number of nitrogens with zero attached hydrogens (tertiary/aromatic N) is 2. The van der Waals surface area contributed by atoms with Gasteiger partial charge in [-0.3, -0.25) is 43.4 Å². The van der Waals surface area contributed by atoms with Crippen molar-refractivity contribution in [2.75, 3.05) is 39.3 Å². The number of nitrogens with one attached hydrogen (secondary N) is 5. The maximum Gasteiger partial charge on any atom is 0.326 e. The number of aliphatic carboxylic acids is 7. The summed E-state index contributed by atoms with van der Waals surface area (Å²) in [5.41, 5.74) is 1.87. The van der Waals surface area contributed by atoms with Crippen LogP contribution >= 0.6 is 0 Å². The highest BCUT2D eigenvalue weighted by atomic mass is 16.4. The summed E-state index contributed by atoms with van der Waals surface area (Å²) in [4.78, 5) is 132. The van der Waals surface area contributed by atoms with E-state index in [1.54, 1.807) is 18.2 Å². The zero-order valence-corrected chi connectivity index (χ0v) is 41.9. The summed E-state index contributed by atoms with van der Waals surface area (Å²) in [6.45, 7) is -0.567. The van der Waals surface area contributed by atoms with Crippen LogP contribution in [-0.2, 0) is 73.9 Å². The summed E-state index contributed by atoms with van der Waals surface area (Å²) >= 11 is 0. The van der Waals surface area contributed by atoms with Gasteiger partial charge >= 0.3 is 47.8 Å². The van der Waals surface area contributed by atoms with Crippen molar-refractivity contribution in [3.63, 3.8) is 0 Å². The molecular formula is C49H69N7O20. The molecule has 27 heteroatoms. The Morgan fingerprint density at radius 3 is 1.28 bits per heavy atom. The van der Waals surface area contributed by atoms with Crippen LogP contribution in [0.1, 0.15) is 106 Å². The fourth-order valence-corrected chi connectivity index (χ4v) is 7.56. The number of unbranched alkanes of at least 4 members (excludes halogenated alkanes) is 3. The van der Waals surface area contributed by atoms with Crippen LogP contribution in [0.15, 0.2) is 36.4 Å². The summed E-state index contributed by atoms with van der Waals surface area (Å²) in [5, 5.41) is 98.4. The lowest BCUT2D eigenvalue weighted by Crippen LogP contribution is -2.51. The number of phenolic OH excluding ortho intramolecular Hbond substituents is 2. The minimum Gasteiger partial charge on any atom is -0.508 e. The predicted molar refractivity (Wildman–Crippen MR) is 265 cm³/mol. The smallest absolute Gasteiger partial charge is 0.326 e. The zero-order chi connectivity index (χ0) is 56.7. The average molecular weight is 1080 g/mol. The first-order valence-electron chi connectivity index (χ1n) is 24.4. The van der Waals surface area contributed by atoms with Gasteiger partial charge in [0.25, 0.3) is 0 Å². The second-order valence-electron chi connectivity index (χ2n) is 17.9. The minimum absolute atomic E-state index is 0.00205. The number of urea groups is 1. The maximum atomic E-state index is 12.7. The monoisotopic (exact) mass is 1080 g/mol. The number of carbonyl (C=O) groups excluding carboxylic acids is 4. The summed E-state index contributed by atoms with van der Waals surface area (Å²) in [6, 6.07) is 3.74. The molecule has 2 aromatic carbocycles. The quantitative estimate of drug-likeness (QED) is 0.0412. The van der Waals surface area contributed by atoms with Crippen LogP contribution in [0.5, 0.6) is 11.5 Å². The van der Waals surface area contributed by atoms with Gasteiger partial charge in [-0.15, -0.1) is 0 Å². The molecule has 27 nitrogen and oxygen atoms in total. The molecule has 0 heterocycles. The van der Waals surface area contributed by atoms with Crippen LogP contribution in [0.25, 0.3) is 0 Å². The van der Waals surface area contributed by atoms with E-state index in [0.29, 0.717) is 60.9 Å². The summed E-state index contributed by atoms with van der Waals surface area (Å²) in [5.74, 6) is -10.6. The molecule has 0 unspecified atom stereocenters. The molecule has 0 bridgehead atoms. The first-order valence-corrected chi connectivity index (χ1v) is 24.4. The summed E-state index contributed by atoms with van der Waals surface area (Å²) in [7, 11) is 0. The van der Waals surface area contributed by atoms with E-state index in [9.17, 15) is 88.5 Å². The molecule has 2 aromatic rings. The van der Waals surface area contributed by atoms with Crippen molar-refractivity contribution in [1.82, 2.24) is 36.4 Å². The average Bonchev–Trinajstić information content (AvgIpc) is 3.33. The molecule has 420 valence electrons. The Morgan fingerprint density at radius 2 is 0.842 bits per heavy atom. The van der Waals surface area contributed by atoms with Gasteiger partial charge in [-0.1, -0.05) is 30.7 Å². The van der Waals surface area contributed by atoms with E-state index >= 15 is 0 Å². The molecule has 0 aromatic heterocycles. The van der Waals surface area contributed by atoms with Gasteiger partial charge in [0.1, 0.15) is 29.6 Å². The van der Waals surface area contributed by atoms with Gasteiger partial charge in [0, 0.05) is 82.5 Å². The molecule has 3 atom stereocenters. The Morgan fingerprint density at radius 1 is 0.434 bits per heavy atom. The number of amides is 5. The SMILES string of the molecule is O=C(O)CC[C@H](NC(=O)CCc1ccc(O)c(CN(CCN(CC(=O)O)Cc2cc(CCC(=O)NCCCCCC(=O)NCCCC[C@H](NC(=O)N[C@@H](CCC(=O)O)C(=O)O)C(=O)O)ccc2O)CC(=O)O)c1)C(=O)O. The van der Waals surface area contributed by atoms with E-state index in [1.165, 1.54) is 28.0 Å². The van der Waals surface area contributed by atoms with Gasteiger partial charge in [-0.05, 0) is 81.0 Å². The number of carboxylic acids is 7. The molecule has 0 saturated heterocycles. The highest BCUT2D eigenvalue weighted by Crippen LogP contribution is 2.24. The highest BCUT2D eigenvalue weighted by Gasteiger charge is 2.26. The van der Waals surface area contributed by atoms with Crippen molar-refractivity contribution in [1.29, 1.82) is 0 Å². The normalized spacial score (nSPS) is 12.2. The third-order valence-corrected chi connectivity index (χ3v) is 11.6. The van der Waals surface area contributed by atoms with Crippen LogP contribution in [0.3, 0.4) is 0 Å². The minimum atomic E-state index is -1.53. The Hall–Kier alpha value is -8.07. The summed E-state index contributed by atoms with van der Waals surface area (Å²) < 4.78 is 0. The molecule has 5 amide bonds. The molecule has 2 rings (SSSR count). The van der Waals surface area contributed by atoms with Gasteiger partial charge in [-0.25, -0.2) is 19.2 Å². The number of carbonyl (C=O) groups is 11. The van der Waals surface area contributed by atoms with Gasteiger partial charge in [0.2, 0.25) is 17.7 Å². The fourth-order valence-electron chi connectivity index (χ4n) is 7.56. The standard InChI is InChI=1S/C49H69N7O20/c57-37-14-8-30(10-16-40(60)51-20-4-1-2-7-39(59)50-21-5-3-6-34(46(70)71)53-49(76)54-36(48(74)75)13-19-43(64)65)24-32(37)26-55(28-44(66)67)22-23-56(29-45(68)69)27-33-25-31(9-15-38(33)58)11-17-41(61)52-35(47(72)73)12-18-42(62)63/h8-9,14-15,24-25,34-36,57-58H,1-7,10-13,16-23,26-29H2,(H,50,59)(H,51,60)(H,52,61)(H,62,63)(H,64,65)(H,66,67)(H,68,69)(H,70,71)(H,72,73)(H,74,75)(H2,53,54,76)/t34-,35-,36-/m0/s1. The van der Waals surface area contributed by atoms with Crippen molar-refractivity contribution in [3.05, 3.63) is 58.7 Å². The van der Waals surface area contributed by atoms with Crippen LogP contribution < -0.4 is 26.6 Å². The van der Waals surface area contributed by atoms with Crippen LogP contribution in [0.4, 0.5) is 4.79 Å². The van der Waals surface area contributed by atoms with E-state index < -0.39 is 104 Å². The molecule has 0 aliphatic rings. The van der Waals surface area contributed by atoms with Gasteiger partial charge in [0.15, 0.2) is 0 Å². The fraction of sp³-hybridized carbons (Fsp3) is 0.531. The zero-order valence-electron chi connectivity index (χ0n) is 41.9. The van der Waals surface area contributed by atoms with Crippen molar-refractivity contribution < 1.29 is 98.7 Å².